The molecule has 0 spiro atoms. The molecule has 0 heterocycles. The van der Waals surface area contributed by atoms with E-state index in [4.69, 9.17) is 0 Å². The third-order valence-corrected chi connectivity index (χ3v) is 15.1. The van der Waals surface area contributed by atoms with Crippen LogP contribution in [0.5, 0.6) is 11.5 Å². The highest BCUT2D eigenvalue weighted by atomic mass is 32.2. The van der Waals surface area contributed by atoms with Crippen molar-refractivity contribution in [3.63, 3.8) is 0 Å². The van der Waals surface area contributed by atoms with Crippen LogP contribution >= 0.6 is 11.8 Å². The molecule has 0 fully saturated rings. The maximum Gasteiger partial charge on any atom is 0.119 e. The predicted molar refractivity (Wildman–Crippen MR) is 283 cm³/mol. The van der Waals surface area contributed by atoms with Gasteiger partial charge in [0, 0.05) is 9.79 Å². The first-order chi connectivity index (χ1) is 31.0. The predicted octanol–water partition coefficient (Wildman–Crippen LogP) is 21.1. The Labute approximate surface area is 398 Å². The fourth-order valence-corrected chi connectivity index (χ4v) is 10.8. The Morgan fingerprint density at radius 3 is 0.667 bits per heavy atom. The number of hydrogen-bond acceptors (Lipinski definition) is 3. The molecule has 0 atom stereocenters. The average molecular weight is 892 g/mol. The third-order valence-electron chi connectivity index (χ3n) is 13.9. The first-order valence-corrected chi connectivity index (χ1v) is 29.2. The topological polar surface area (TPSA) is 40.5 Å². The van der Waals surface area contributed by atoms with Crippen LogP contribution in [0.2, 0.25) is 0 Å². The molecule has 0 aromatic heterocycles. The zero-order valence-corrected chi connectivity index (χ0v) is 43.5. The fraction of sp³-hybridized carbons (Fsp3) is 0.800. The van der Waals surface area contributed by atoms with Gasteiger partial charge in [-0.1, -0.05) is 271 Å². The maximum absolute atomic E-state index is 11.5. The van der Waals surface area contributed by atoms with Gasteiger partial charge < -0.3 is 10.2 Å². The van der Waals surface area contributed by atoms with E-state index >= 15 is 0 Å². The first kappa shape index (κ1) is 57.5. The summed E-state index contributed by atoms with van der Waals surface area (Å²) in [5.74, 6) is 1.02. The highest BCUT2D eigenvalue weighted by Crippen LogP contribution is 2.40. The summed E-state index contributed by atoms with van der Waals surface area (Å²) in [5, 5.41) is 22.9. The van der Waals surface area contributed by atoms with Crippen LogP contribution in [-0.4, -0.2) is 10.2 Å². The fourth-order valence-electron chi connectivity index (χ4n) is 9.62. The number of phenolic OH excluding ortho intramolecular Hbond substituents is 2. The molecule has 0 saturated carbocycles. The van der Waals surface area contributed by atoms with Crippen LogP contribution in [0.3, 0.4) is 0 Å². The number of benzene rings is 2. The van der Waals surface area contributed by atoms with Crippen LogP contribution in [-0.2, 0) is 25.7 Å². The minimum absolute atomic E-state index is 0.510. The molecular weight excluding hydrogens is 785 g/mol. The standard InChI is InChI=1S/C60H106O2S/c1-5-9-13-17-21-25-29-33-37-41-45-53-51-59(55(49-57(53)61)47-43-39-35-31-27-23-19-15-11-7-3)63-60-52-54(46-42-38-34-30-26-22-18-14-10-6-2)58(62)50-56(60)48-44-40-36-32-28-24-20-16-12-8-4/h49-52,61-62H,5-48H2,1-4H3. The molecule has 2 nitrogen and oxygen atoms in total. The molecule has 0 unspecified atom stereocenters. The van der Waals surface area contributed by atoms with Crippen molar-refractivity contribution < 1.29 is 10.2 Å². The van der Waals surface area contributed by atoms with Crippen LogP contribution < -0.4 is 0 Å². The van der Waals surface area contributed by atoms with Gasteiger partial charge in [-0.25, -0.2) is 0 Å². The van der Waals surface area contributed by atoms with Crippen molar-refractivity contribution in [2.75, 3.05) is 0 Å². The number of phenols is 2. The summed E-state index contributed by atoms with van der Waals surface area (Å²) in [6.07, 6.45) is 57.5. The number of rotatable bonds is 46. The van der Waals surface area contributed by atoms with Crippen LogP contribution in [0.15, 0.2) is 34.1 Å². The van der Waals surface area contributed by atoms with Gasteiger partial charge in [-0.05, 0) is 97.9 Å². The number of hydrogen-bond donors (Lipinski definition) is 2. The molecule has 0 radical (unpaired) electrons. The molecule has 3 heteroatoms. The molecule has 0 saturated heterocycles. The summed E-state index contributed by atoms with van der Waals surface area (Å²) in [5.41, 5.74) is 4.89. The largest absolute Gasteiger partial charge is 0.508 e. The maximum atomic E-state index is 11.5. The summed E-state index contributed by atoms with van der Waals surface area (Å²) < 4.78 is 0. The quantitative estimate of drug-likeness (QED) is 0.0651. The van der Waals surface area contributed by atoms with Crippen molar-refractivity contribution >= 4 is 11.8 Å². The van der Waals surface area contributed by atoms with Gasteiger partial charge in [0.25, 0.3) is 0 Å². The lowest BCUT2D eigenvalue weighted by atomic mass is 9.99. The van der Waals surface area contributed by atoms with Crippen molar-refractivity contribution in [3.05, 3.63) is 46.5 Å². The van der Waals surface area contributed by atoms with Crippen LogP contribution in [0.4, 0.5) is 0 Å². The van der Waals surface area contributed by atoms with Crippen molar-refractivity contribution in [1.29, 1.82) is 0 Å². The molecule has 0 aliphatic heterocycles. The van der Waals surface area contributed by atoms with Crippen LogP contribution in [0.25, 0.3) is 0 Å². The summed E-state index contributed by atoms with van der Waals surface area (Å²) in [4.78, 5) is 2.68. The van der Waals surface area contributed by atoms with E-state index in [1.54, 1.807) is 0 Å². The van der Waals surface area contributed by atoms with Crippen molar-refractivity contribution in [2.45, 2.75) is 320 Å². The van der Waals surface area contributed by atoms with Gasteiger partial charge in [-0.3, -0.25) is 0 Å². The van der Waals surface area contributed by atoms with Gasteiger partial charge >= 0.3 is 0 Å². The number of unbranched alkanes of at least 4 members (excludes halogenated alkanes) is 36. The summed E-state index contributed by atoms with van der Waals surface area (Å²) in [6.45, 7) is 9.20. The molecule has 364 valence electrons. The lowest BCUT2D eigenvalue weighted by Gasteiger charge is -2.18. The SMILES string of the molecule is CCCCCCCCCCCCc1cc(Sc2cc(CCCCCCCCCCCC)c(O)cc2CCCCCCCCCCCC)c(CCCCCCCCCCCC)cc1O. The highest BCUT2D eigenvalue weighted by molar-refractivity contribution is 7.99. The summed E-state index contributed by atoms with van der Waals surface area (Å²) in [7, 11) is 0. The Kier molecular flexibility index (Phi) is 38.2. The van der Waals surface area contributed by atoms with E-state index in [-0.39, 0.29) is 0 Å². The monoisotopic (exact) mass is 891 g/mol. The van der Waals surface area contributed by atoms with Crippen LogP contribution in [0.1, 0.15) is 307 Å². The Morgan fingerprint density at radius 1 is 0.254 bits per heavy atom. The third kappa shape index (κ3) is 30.3. The normalized spacial score (nSPS) is 11.6. The Balaban J connectivity index is 2.17. The van der Waals surface area contributed by atoms with Crippen molar-refractivity contribution in [1.82, 2.24) is 0 Å². The van der Waals surface area contributed by atoms with E-state index in [0.29, 0.717) is 11.5 Å². The molecule has 0 aliphatic rings. The van der Waals surface area contributed by atoms with Crippen molar-refractivity contribution in [3.8, 4) is 11.5 Å². The van der Waals surface area contributed by atoms with E-state index in [9.17, 15) is 10.2 Å². The van der Waals surface area contributed by atoms with Crippen molar-refractivity contribution in [2.24, 2.45) is 0 Å². The highest BCUT2D eigenvalue weighted by Gasteiger charge is 2.16. The van der Waals surface area contributed by atoms with Gasteiger partial charge in [0.1, 0.15) is 11.5 Å². The summed E-state index contributed by atoms with van der Waals surface area (Å²) >= 11 is 1.94. The van der Waals surface area contributed by atoms with E-state index in [1.807, 2.05) is 11.8 Å². The molecule has 2 aromatic carbocycles. The Morgan fingerprint density at radius 2 is 0.444 bits per heavy atom. The van der Waals surface area contributed by atoms with E-state index in [0.717, 1.165) is 49.7 Å². The lowest BCUT2D eigenvalue weighted by molar-refractivity contribution is 0.463. The molecule has 2 N–H and O–H groups in total. The number of aromatic hydroxyl groups is 2. The smallest absolute Gasteiger partial charge is 0.119 e. The second kappa shape index (κ2) is 41.8. The van der Waals surface area contributed by atoms with E-state index < -0.39 is 0 Å². The molecule has 0 bridgehead atoms. The van der Waals surface area contributed by atoms with Gasteiger partial charge in [0.15, 0.2) is 0 Å². The first-order valence-electron chi connectivity index (χ1n) is 28.4. The van der Waals surface area contributed by atoms with Gasteiger partial charge in [-0.15, -0.1) is 0 Å². The van der Waals surface area contributed by atoms with Gasteiger partial charge in [-0.2, -0.15) is 0 Å². The molecule has 2 rings (SSSR count). The minimum Gasteiger partial charge on any atom is -0.508 e. The minimum atomic E-state index is 0.510. The molecule has 2 aromatic rings. The number of aryl methyl sites for hydroxylation is 4. The second-order valence-corrected chi connectivity index (χ2v) is 21.1. The molecule has 63 heavy (non-hydrogen) atoms. The second-order valence-electron chi connectivity index (χ2n) is 20.0. The van der Waals surface area contributed by atoms with E-state index in [1.165, 1.54) is 265 Å². The zero-order chi connectivity index (χ0) is 45.3. The van der Waals surface area contributed by atoms with Gasteiger partial charge in [0.2, 0.25) is 0 Å². The Bertz CT molecular complexity index is 1220. The zero-order valence-electron chi connectivity index (χ0n) is 42.7. The van der Waals surface area contributed by atoms with E-state index in [2.05, 4.69) is 52.0 Å². The molecule has 0 amide bonds. The lowest BCUT2D eigenvalue weighted by Crippen LogP contribution is -1.98. The summed E-state index contributed by atoms with van der Waals surface area (Å²) in [6, 6.07) is 9.04. The van der Waals surface area contributed by atoms with Crippen LogP contribution in [0, 0.1) is 0 Å². The molecule has 0 aliphatic carbocycles. The van der Waals surface area contributed by atoms with Gasteiger partial charge in [0.05, 0.1) is 0 Å². The Hall–Kier alpha value is -1.61. The average Bonchev–Trinajstić information content (AvgIpc) is 3.28. The molecular formula is C60H106O2S.